The highest BCUT2D eigenvalue weighted by Gasteiger charge is 2.05. The molecule has 0 aliphatic heterocycles. The van der Waals surface area contributed by atoms with E-state index < -0.39 is 0 Å². The van der Waals surface area contributed by atoms with Gasteiger partial charge in [0.15, 0.2) is 0 Å². The smallest absolute Gasteiger partial charge is 0.234 e. The molecule has 0 unspecified atom stereocenters. The molecule has 0 bridgehead atoms. The summed E-state index contributed by atoms with van der Waals surface area (Å²) < 4.78 is 0. The molecule has 3 N–H and O–H groups in total. The largest absolute Gasteiger partial charge is 0.368 e. The monoisotopic (exact) mass is 190 g/mol. The molecular weight excluding hydrogens is 172 g/mol. The third kappa shape index (κ3) is 6.49. The molecule has 1 atom stereocenters. The number of carbonyl (C=O) groups is 1. The van der Waals surface area contributed by atoms with E-state index in [1.54, 1.807) is 6.92 Å². The Morgan fingerprint density at radius 3 is 2.83 bits per heavy atom. The fourth-order valence-corrected chi connectivity index (χ4v) is 1.37. The van der Waals surface area contributed by atoms with E-state index >= 15 is 0 Å². The van der Waals surface area contributed by atoms with Crippen molar-refractivity contribution >= 4 is 17.7 Å². The first-order valence-electron chi connectivity index (χ1n) is 4.29. The summed E-state index contributed by atoms with van der Waals surface area (Å²) in [6.45, 7) is 4.80. The lowest BCUT2D eigenvalue weighted by Gasteiger charge is -2.08. The van der Waals surface area contributed by atoms with E-state index in [4.69, 9.17) is 5.73 Å². The Bertz CT molecular complexity index is 130. The number of nitrogens with one attached hydrogen (secondary N) is 1. The second-order valence-corrected chi connectivity index (χ2v) is 4.02. The van der Waals surface area contributed by atoms with E-state index in [1.165, 1.54) is 0 Å². The Morgan fingerprint density at radius 1 is 1.67 bits per heavy atom. The van der Waals surface area contributed by atoms with Crippen LogP contribution in [0.25, 0.3) is 0 Å². The maximum atomic E-state index is 10.6. The summed E-state index contributed by atoms with van der Waals surface area (Å²) in [7, 11) is 0. The van der Waals surface area contributed by atoms with Gasteiger partial charge in [-0.1, -0.05) is 6.92 Å². The number of rotatable bonds is 7. The molecule has 0 aromatic carbocycles. The molecule has 0 spiro atoms. The minimum atomic E-state index is -0.279. The highest BCUT2D eigenvalue weighted by atomic mass is 32.2. The Labute approximate surface area is 78.5 Å². The number of amides is 1. The third-order valence-electron chi connectivity index (χ3n) is 1.55. The number of hydrogen-bond acceptors (Lipinski definition) is 3. The van der Waals surface area contributed by atoms with Crippen LogP contribution >= 0.6 is 11.8 Å². The molecule has 12 heavy (non-hydrogen) atoms. The normalized spacial score (nSPS) is 12.8. The minimum absolute atomic E-state index is 0.198. The quantitative estimate of drug-likeness (QED) is 0.578. The van der Waals surface area contributed by atoms with Gasteiger partial charge < -0.3 is 11.1 Å². The molecule has 3 nitrogen and oxygen atoms in total. The molecule has 72 valence electrons. The number of hydrogen-bond donors (Lipinski definition) is 2. The minimum Gasteiger partial charge on any atom is -0.368 e. The highest BCUT2D eigenvalue weighted by Crippen LogP contribution is 1.99. The fraction of sp³-hybridized carbons (Fsp3) is 0.875. The van der Waals surface area contributed by atoms with Gasteiger partial charge in [0.1, 0.15) is 0 Å². The number of thioether (sulfide) groups is 1. The van der Waals surface area contributed by atoms with Crippen LogP contribution in [-0.4, -0.2) is 30.0 Å². The first-order valence-corrected chi connectivity index (χ1v) is 5.44. The number of primary amides is 1. The first-order chi connectivity index (χ1) is 5.68. The summed E-state index contributed by atoms with van der Waals surface area (Å²) in [6, 6.07) is -0.198. The van der Waals surface area contributed by atoms with E-state index in [0.29, 0.717) is 0 Å². The summed E-state index contributed by atoms with van der Waals surface area (Å²) in [4.78, 5) is 10.6. The van der Waals surface area contributed by atoms with E-state index in [-0.39, 0.29) is 11.9 Å². The van der Waals surface area contributed by atoms with Gasteiger partial charge in [0.25, 0.3) is 0 Å². The van der Waals surface area contributed by atoms with E-state index in [0.717, 1.165) is 24.5 Å². The summed E-state index contributed by atoms with van der Waals surface area (Å²) >= 11 is 1.91. The van der Waals surface area contributed by atoms with Crippen molar-refractivity contribution < 1.29 is 4.79 Å². The second-order valence-electron chi connectivity index (χ2n) is 2.63. The van der Waals surface area contributed by atoms with Gasteiger partial charge in [-0.3, -0.25) is 4.79 Å². The van der Waals surface area contributed by atoms with Crippen molar-refractivity contribution in [2.45, 2.75) is 26.3 Å². The number of carbonyl (C=O) groups excluding carboxylic acids is 1. The summed E-state index contributed by atoms with van der Waals surface area (Å²) in [5.74, 6) is 2.03. The van der Waals surface area contributed by atoms with E-state index in [9.17, 15) is 4.79 Å². The van der Waals surface area contributed by atoms with E-state index in [1.807, 2.05) is 11.8 Å². The zero-order valence-electron chi connectivity index (χ0n) is 7.80. The van der Waals surface area contributed by atoms with Crippen molar-refractivity contribution in [2.24, 2.45) is 5.73 Å². The molecule has 1 amide bonds. The van der Waals surface area contributed by atoms with Gasteiger partial charge in [-0.15, -0.1) is 0 Å². The summed E-state index contributed by atoms with van der Waals surface area (Å²) in [5, 5.41) is 3.05. The zero-order valence-corrected chi connectivity index (χ0v) is 8.62. The van der Waals surface area contributed by atoms with Crippen LogP contribution < -0.4 is 11.1 Å². The third-order valence-corrected chi connectivity index (χ3v) is 2.53. The van der Waals surface area contributed by atoms with Gasteiger partial charge in [-0.25, -0.2) is 0 Å². The molecule has 0 heterocycles. The molecule has 0 fully saturated rings. The molecule has 0 aromatic heterocycles. The Morgan fingerprint density at radius 2 is 2.33 bits per heavy atom. The molecule has 0 radical (unpaired) electrons. The summed E-state index contributed by atoms with van der Waals surface area (Å²) in [5.41, 5.74) is 5.07. The van der Waals surface area contributed by atoms with Crippen LogP contribution in [0, 0.1) is 0 Å². The van der Waals surface area contributed by atoms with Gasteiger partial charge in [-0.05, 0) is 31.4 Å². The van der Waals surface area contributed by atoms with Crippen LogP contribution in [0.2, 0.25) is 0 Å². The van der Waals surface area contributed by atoms with Crippen molar-refractivity contribution in [1.29, 1.82) is 0 Å². The average molecular weight is 190 g/mol. The lowest BCUT2D eigenvalue weighted by atomic mass is 10.3. The lowest BCUT2D eigenvalue weighted by Crippen LogP contribution is -2.39. The van der Waals surface area contributed by atoms with Crippen molar-refractivity contribution in [3.05, 3.63) is 0 Å². The zero-order chi connectivity index (χ0) is 9.40. The average Bonchev–Trinajstić information content (AvgIpc) is 2.03. The van der Waals surface area contributed by atoms with Crippen molar-refractivity contribution in [3.63, 3.8) is 0 Å². The number of nitrogens with two attached hydrogens (primary N) is 1. The van der Waals surface area contributed by atoms with Crippen molar-refractivity contribution in [3.8, 4) is 0 Å². The van der Waals surface area contributed by atoms with Gasteiger partial charge in [-0.2, -0.15) is 11.8 Å². The van der Waals surface area contributed by atoms with Crippen molar-refractivity contribution in [2.75, 3.05) is 18.1 Å². The summed E-state index contributed by atoms with van der Waals surface area (Å²) in [6.07, 6.45) is 1.09. The maximum Gasteiger partial charge on any atom is 0.234 e. The first kappa shape index (κ1) is 11.8. The van der Waals surface area contributed by atoms with Gasteiger partial charge in [0, 0.05) is 0 Å². The highest BCUT2D eigenvalue weighted by molar-refractivity contribution is 7.99. The van der Waals surface area contributed by atoms with Crippen LogP contribution in [0.3, 0.4) is 0 Å². The molecule has 0 aromatic rings. The van der Waals surface area contributed by atoms with Gasteiger partial charge >= 0.3 is 0 Å². The van der Waals surface area contributed by atoms with Crippen LogP contribution in [0.4, 0.5) is 0 Å². The van der Waals surface area contributed by atoms with Crippen LogP contribution in [0.5, 0.6) is 0 Å². The van der Waals surface area contributed by atoms with Crippen LogP contribution in [0.15, 0.2) is 0 Å². The van der Waals surface area contributed by atoms with Gasteiger partial charge in [0.05, 0.1) is 6.04 Å². The van der Waals surface area contributed by atoms with Crippen molar-refractivity contribution in [1.82, 2.24) is 5.32 Å². The molecule has 0 rings (SSSR count). The Balaban J connectivity index is 3.14. The lowest BCUT2D eigenvalue weighted by molar-refractivity contribution is -0.119. The second kappa shape index (κ2) is 7.43. The van der Waals surface area contributed by atoms with E-state index in [2.05, 4.69) is 12.2 Å². The SMILES string of the molecule is CCSCCCN[C@@H](C)C(N)=O. The van der Waals surface area contributed by atoms with Gasteiger partial charge in [0.2, 0.25) is 5.91 Å². The molecule has 0 saturated heterocycles. The molecule has 0 aliphatic carbocycles. The Hall–Kier alpha value is -0.220. The standard InChI is InChI=1S/C8H18N2OS/c1-3-12-6-4-5-10-7(2)8(9)11/h7,10H,3-6H2,1-2H3,(H2,9,11)/t7-/m0/s1. The fourth-order valence-electron chi connectivity index (χ4n) is 0.738. The predicted molar refractivity (Wildman–Crippen MR) is 54.3 cm³/mol. The molecule has 0 aliphatic rings. The predicted octanol–water partition coefficient (Wildman–Crippen LogP) is 0.593. The maximum absolute atomic E-state index is 10.6. The molecule has 4 heteroatoms. The van der Waals surface area contributed by atoms with Crippen LogP contribution in [0.1, 0.15) is 20.3 Å². The van der Waals surface area contributed by atoms with Crippen LogP contribution in [-0.2, 0) is 4.79 Å². The topological polar surface area (TPSA) is 55.1 Å². The molecule has 0 saturated carbocycles. The molecular formula is C8H18N2OS. The Kier molecular flexibility index (Phi) is 7.29.